The second-order valence-corrected chi connectivity index (χ2v) is 14.3. The van der Waals surface area contributed by atoms with Crippen LogP contribution in [0, 0.1) is 0 Å². The second kappa shape index (κ2) is 14.1. The molecule has 0 spiro atoms. The number of carboxylic acid groups (broad SMARTS) is 1. The Morgan fingerprint density at radius 2 is 1.50 bits per heavy atom. The standard InChI is InChI=1S/C19H25N3O6S.C10H20N2O3/c1-19(2,3)22-17(23)15(16(29(22,26)27)13-7-5-4-6-8-13)20-9-10-28-14-11-21(12-14)18(24)25;1-10(2,3)15-9(13)12-6-8(7-12)14-5-4-11/h4-8,14,20H,9-12H2,1-3H3,(H,24,25);8H,4-7,11H2,1-3H3. The second-order valence-electron chi connectivity index (χ2n) is 12.6. The minimum absolute atomic E-state index is 0.0236. The van der Waals surface area contributed by atoms with Gasteiger partial charge in [0, 0.05) is 13.1 Å². The minimum Gasteiger partial charge on any atom is -0.465 e. The van der Waals surface area contributed by atoms with E-state index in [0.717, 1.165) is 4.31 Å². The zero-order valence-electron chi connectivity index (χ0n) is 26.2. The molecule has 14 nitrogen and oxygen atoms in total. The monoisotopic (exact) mass is 639 g/mol. The zero-order chi connectivity index (χ0) is 32.9. The topological polar surface area (TPSA) is 181 Å². The molecule has 0 bridgehead atoms. The van der Waals surface area contributed by atoms with Crippen molar-refractivity contribution in [1.29, 1.82) is 0 Å². The molecule has 4 rings (SSSR count). The number of amides is 3. The van der Waals surface area contributed by atoms with Crippen LogP contribution in [0.15, 0.2) is 36.0 Å². The molecule has 3 aliphatic heterocycles. The molecule has 246 valence electrons. The molecular formula is C29H45N5O9S. The number of carbonyl (C=O) groups excluding carboxylic acids is 2. The molecule has 0 aliphatic carbocycles. The molecule has 2 saturated heterocycles. The van der Waals surface area contributed by atoms with Crippen molar-refractivity contribution in [3.63, 3.8) is 0 Å². The number of sulfonamides is 1. The van der Waals surface area contributed by atoms with Crippen LogP contribution in [0.5, 0.6) is 0 Å². The van der Waals surface area contributed by atoms with E-state index < -0.39 is 33.2 Å². The Kier molecular flexibility index (Phi) is 11.3. The van der Waals surface area contributed by atoms with Gasteiger partial charge in [-0.05, 0) is 47.1 Å². The number of likely N-dealkylation sites (tertiary alicyclic amines) is 2. The molecule has 4 N–H and O–H groups in total. The van der Waals surface area contributed by atoms with Gasteiger partial charge in [0.05, 0.1) is 57.1 Å². The lowest BCUT2D eigenvalue weighted by Crippen LogP contribution is -2.56. The van der Waals surface area contributed by atoms with Crippen LogP contribution in [0.2, 0.25) is 0 Å². The summed E-state index contributed by atoms with van der Waals surface area (Å²) in [4.78, 5) is 38.1. The predicted molar refractivity (Wildman–Crippen MR) is 163 cm³/mol. The third-order valence-corrected chi connectivity index (χ3v) is 8.77. The molecule has 15 heteroatoms. The van der Waals surface area contributed by atoms with Crippen molar-refractivity contribution in [2.75, 3.05) is 52.5 Å². The van der Waals surface area contributed by atoms with Crippen LogP contribution in [-0.2, 0) is 29.0 Å². The highest BCUT2D eigenvalue weighted by atomic mass is 32.2. The van der Waals surface area contributed by atoms with E-state index in [9.17, 15) is 22.8 Å². The average Bonchev–Trinajstić information content (AvgIpc) is 3.05. The molecule has 0 unspecified atom stereocenters. The molecular weight excluding hydrogens is 594 g/mol. The van der Waals surface area contributed by atoms with Gasteiger partial charge in [0.2, 0.25) is 0 Å². The Hall–Kier alpha value is -3.40. The van der Waals surface area contributed by atoms with Crippen molar-refractivity contribution in [3.05, 3.63) is 41.6 Å². The van der Waals surface area contributed by atoms with E-state index in [1.54, 1.807) is 56.0 Å². The highest BCUT2D eigenvalue weighted by Crippen LogP contribution is 2.38. The highest BCUT2D eigenvalue weighted by Gasteiger charge is 2.49. The van der Waals surface area contributed by atoms with Crippen LogP contribution in [0.4, 0.5) is 9.59 Å². The normalized spacial score (nSPS) is 18.8. The molecule has 1 aromatic carbocycles. The molecule has 3 aliphatic rings. The van der Waals surface area contributed by atoms with Gasteiger partial charge in [-0.1, -0.05) is 30.3 Å². The van der Waals surface area contributed by atoms with E-state index in [-0.39, 0.29) is 42.1 Å². The van der Waals surface area contributed by atoms with Crippen LogP contribution >= 0.6 is 0 Å². The van der Waals surface area contributed by atoms with Gasteiger partial charge in [-0.25, -0.2) is 22.3 Å². The highest BCUT2D eigenvalue weighted by molar-refractivity contribution is 7.99. The van der Waals surface area contributed by atoms with Gasteiger partial charge < -0.3 is 40.2 Å². The Bertz CT molecular complexity index is 1310. The van der Waals surface area contributed by atoms with E-state index in [1.807, 2.05) is 20.8 Å². The summed E-state index contributed by atoms with van der Waals surface area (Å²) >= 11 is 0. The summed E-state index contributed by atoms with van der Waals surface area (Å²) in [5.74, 6) is -0.600. The minimum atomic E-state index is -4.01. The Labute approximate surface area is 259 Å². The quantitative estimate of drug-likeness (QED) is 0.336. The summed E-state index contributed by atoms with van der Waals surface area (Å²) in [5, 5.41) is 11.8. The number of benzene rings is 1. The largest absolute Gasteiger partial charge is 0.465 e. The first-order chi connectivity index (χ1) is 20.5. The lowest BCUT2D eigenvalue weighted by molar-refractivity contribution is -0.125. The fraction of sp³-hybridized carbons (Fsp3) is 0.621. The first kappa shape index (κ1) is 35.1. The Morgan fingerprint density at radius 1 is 0.955 bits per heavy atom. The van der Waals surface area contributed by atoms with E-state index in [4.69, 9.17) is 25.1 Å². The lowest BCUT2D eigenvalue weighted by atomic mass is 10.1. The van der Waals surface area contributed by atoms with Gasteiger partial charge >= 0.3 is 12.2 Å². The molecule has 1 aromatic rings. The zero-order valence-corrected chi connectivity index (χ0v) is 27.1. The number of hydrogen-bond acceptors (Lipinski definition) is 10. The van der Waals surface area contributed by atoms with Gasteiger partial charge in [-0.2, -0.15) is 0 Å². The summed E-state index contributed by atoms with van der Waals surface area (Å²) in [5.41, 5.74) is 4.42. The predicted octanol–water partition coefficient (Wildman–Crippen LogP) is 1.88. The van der Waals surface area contributed by atoms with Gasteiger partial charge in [-0.3, -0.25) is 4.79 Å². The van der Waals surface area contributed by atoms with Gasteiger partial charge in [0.25, 0.3) is 15.9 Å². The number of rotatable bonds is 9. The van der Waals surface area contributed by atoms with Crippen molar-refractivity contribution in [1.82, 2.24) is 19.4 Å². The maximum absolute atomic E-state index is 13.2. The fourth-order valence-corrected chi connectivity index (χ4v) is 6.65. The third kappa shape index (κ3) is 8.83. The Balaban J connectivity index is 0.000000297. The van der Waals surface area contributed by atoms with Crippen LogP contribution in [-0.4, -0.2) is 122 Å². The summed E-state index contributed by atoms with van der Waals surface area (Å²) in [6.45, 7) is 13.9. The lowest BCUT2D eigenvalue weighted by Gasteiger charge is -2.39. The van der Waals surface area contributed by atoms with Crippen LogP contribution < -0.4 is 11.1 Å². The maximum Gasteiger partial charge on any atom is 0.410 e. The van der Waals surface area contributed by atoms with E-state index >= 15 is 0 Å². The van der Waals surface area contributed by atoms with Gasteiger partial charge in [0.1, 0.15) is 16.2 Å². The molecule has 3 heterocycles. The molecule has 2 fully saturated rings. The van der Waals surface area contributed by atoms with E-state index in [2.05, 4.69) is 5.32 Å². The number of nitrogens with two attached hydrogens (primary N) is 1. The molecule has 0 atom stereocenters. The molecule has 0 saturated carbocycles. The molecule has 3 amide bonds. The Morgan fingerprint density at radius 3 is 2.00 bits per heavy atom. The van der Waals surface area contributed by atoms with Crippen LogP contribution in [0.1, 0.15) is 47.1 Å². The van der Waals surface area contributed by atoms with Gasteiger partial charge in [-0.15, -0.1) is 0 Å². The smallest absolute Gasteiger partial charge is 0.410 e. The van der Waals surface area contributed by atoms with Gasteiger partial charge in [0.15, 0.2) is 0 Å². The SMILES string of the molecule is CC(C)(C)N1C(=O)C(NCCOC2CN(C(=O)O)C2)=C(c2ccccc2)S1(=O)=O.CC(C)(C)OC(=O)N1CC(OCCN)C1. The number of hydrogen-bond donors (Lipinski definition) is 3. The first-order valence-electron chi connectivity index (χ1n) is 14.5. The molecule has 0 aromatic heterocycles. The maximum atomic E-state index is 13.2. The summed E-state index contributed by atoms with van der Waals surface area (Å²) < 4.78 is 43.4. The number of nitrogens with one attached hydrogen (secondary N) is 1. The first-order valence-corrected chi connectivity index (χ1v) is 15.9. The molecule has 0 radical (unpaired) electrons. The molecule has 44 heavy (non-hydrogen) atoms. The van der Waals surface area contributed by atoms with Crippen molar-refractivity contribution in [2.45, 2.75) is 64.9 Å². The van der Waals surface area contributed by atoms with Crippen molar-refractivity contribution in [3.8, 4) is 0 Å². The van der Waals surface area contributed by atoms with E-state index in [1.165, 1.54) is 4.90 Å². The third-order valence-electron chi connectivity index (χ3n) is 6.62. The summed E-state index contributed by atoms with van der Waals surface area (Å²) in [6.07, 6.45) is -1.31. The van der Waals surface area contributed by atoms with E-state index in [0.29, 0.717) is 44.9 Å². The van der Waals surface area contributed by atoms with Crippen molar-refractivity contribution >= 4 is 33.0 Å². The van der Waals surface area contributed by atoms with Crippen LogP contribution in [0.25, 0.3) is 4.91 Å². The summed E-state index contributed by atoms with van der Waals surface area (Å²) in [7, 11) is -4.01. The van der Waals surface area contributed by atoms with Crippen LogP contribution in [0.3, 0.4) is 0 Å². The van der Waals surface area contributed by atoms with Crippen molar-refractivity contribution < 1.29 is 42.1 Å². The average molecular weight is 640 g/mol. The summed E-state index contributed by atoms with van der Waals surface area (Å²) in [6, 6.07) is 8.51. The van der Waals surface area contributed by atoms with Crippen molar-refractivity contribution in [2.24, 2.45) is 5.73 Å². The fourth-order valence-electron chi connectivity index (χ4n) is 4.59. The number of ether oxygens (including phenoxy) is 3. The number of carbonyl (C=O) groups is 3. The number of nitrogens with zero attached hydrogens (tertiary/aromatic N) is 3.